The number of aliphatic hydroxyl groups is 1. The predicted molar refractivity (Wildman–Crippen MR) is 85.1 cm³/mol. The second-order valence-corrected chi connectivity index (χ2v) is 6.14. The highest BCUT2D eigenvalue weighted by molar-refractivity contribution is 4.95. The van der Waals surface area contributed by atoms with Crippen molar-refractivity contribution in [1.29, 1.82) is 0 Å². The average molecular weight is 294 g/mol. The Morgan fingerprint density at radius 2 is 2.24 bits per heavy atom. The molecule has 2 N–H and O–H groups in total. The number of rotatable bonds is 9. The molecule has 0 aromatic carbocycles. The molecule has 0 radical (unpaired) electrons. The van der Waals surface area contributed by atoms with E-state index in [4.69, 9.17) is 0 Å². The molecule has 0 aliphatic carbocycles. The summed E-state index contributed by atoms with van der Waals surface area (Å²) in [5.41, 5.74) is -0.0930. The van der Waals surface area contributed by atoms with Crippen LogP contribution in [0.4, 0.5) is 0 Å². The van der Waals surface area contributed by atoms with Crippen LogP contribution in [0, 0.1) is 0 Å². The van der Waals surface area contributed by atoms with E-state index in [1.807, 2.05) is 6.20 Å². The summed E-state index contributed by atoms with van der Waals surface area (Å²) in [5.74, 6) is 1.18. The summed E-state index contributed by atoms with van der Waals surface area (Å²) in [7, 11) is 0. The minimum absolute atomic E-state index is 0.0930. The molecule has 0 spiro atoms. The Morgan fingerprint density at radius 3 is 2.95 bits per heavy atom. The number of hydrogen-bond acceptors (Lipinski definition) is 4. The first-order valence-electron chi connectivity index (χ1n) is 8.31. The van der Waals surface area contributed by atoms with Crippen LogP contribution >= 0.6 is 0 Å². The number of nitrogens with zero attached hydrogens (tertiary/aromatic N) is 3. The monoisotopic (exact) mass is 294 g/mol. The summed E-state index contributed by atoms with van der Waals surface area (Å²) in [6.07, 6.45) is 8.19. The number of hydrogen-bond donors (Lipinski definition) is 2. The molecule has 1 atom stereocenters. The van der Waals surface area contributed by atoms with Gasteiger partial charge in [-0.05, 0) is 38.8 Å². The van der Waals surface area contributed by atoms with E-state index in [1.54, 1.807) is 0 Å². The summed E-state index contributed by atoms with van der Waals surface area (Å²) in [6.45, 7) is 9.73. The second-order valence-electron chi connectivity index (χ2n) is 6.14. The van der Waals surface area contributed by atoms with E-state index in [0.29, 0.717) is 0 Å². The number of aromatic nitrogens is 2. The molecule has 2 heterocycles. The van der Waals surface area contributed by atoms with Crippen LogP contribution in [0.15, 0.2) is 12.4 Å². The van der Waals surface area contributed by atoms with E-state index < -0.39 is 0 Å². The quantitative estimate of drug-likeness (QED) is 0.727. The topological polar surface area (TPSA) is 53.3 Å². The Kier molecular flexibility index (Phi) is 6.21. The zero-order valence-corrected chi connectivity index (χ0v) is 13.5. The van der Waals surface area contributed by atoms with E-state index in [-0.39, 0.29) is 12.1 Å². The molecule has 5 heteroatoms. The SMILES string of the molecule is CCCNC(CC)(CO)CCCN1CCn2ccnc2C1. The molecule has 5 nitrogen and oxygen atoms in total. The second kappa shape index (κ2) is 7.92. The van der Waals surface area contributed by atoms with Gasteiger partial charge in [-0.2, -0.15) is 0 Å². The van der Waals surface area contributed by atoms with Crippen LogP contribution in [-0.2, 0) is 13.1 Å². The molecule has 1 unspecified atom stereocenters. The molecular weight excluding hydrogens is 264 g/mol. The third-order valence-electron chi connectivity index (χ3n) is 4.68. The van der Waals surface area contributed by atoms with Crippen molar-refractivity contribution in [1.82, 2.24) is 19.8 Å². The van der Waals surface area contributed by atoms with Gasteiger partial charge in [-0.15, -0.1) is 0 Å². The van der Waals surface area contributed by atoms with E-state index >= 15 is 0 Å². The molecule has 0 saturated carbocycles. The van der Waals surface area contributed by atoms with Crippen molar-refractivity contribution in [3.8, 4) is 0 Å². The Balaban J connectivity index is 1.77. The molecule has 0 saturated heterocycles. The van der Waals surface area contributed by atoms with Crippen molar-refractivity contribution >= 4 is 0 Å². The molecule has 1 aliphatic heterocycles. The van der Waals surface area contributed by atoms with Crippen molar-refractivity contribution in [2.45, 2.75) is 58.2 Å². The van der Waals surface area contributed by atoms with Crippen LogP contribution in [0.5, 0.6) is 0 Å². The maximum Gasteiger partial charge on any atom is 0.122 e. The fraction of sp³-hybridized carbons (Fsp3) is 0.812. The van der Waals surface area contributed by atoms with E-state index in [0.717, 1.165) is 58.4 Å². The van der Waals surface area contributed by atoms with E-state index in [1.165, 1.54) is 5.82 Å². The van der Waals surface area contributed by atoms with Crippen molar-refractivity contribution in [2.75, 3.05) is 26.2 Å². The minimum Gasteiger partial charge on any atom is -0.394 e. The lowest BCUT2D eigenvalue weighted by Crippen LogP contribution is -2.49. The molecule has 21 heavy (non-hydrogen) atoms. The molecule has 0 fully saturated rings. The van der Waals surface area contributed by atoms with Crippen LogP contribution < -0.4 is 5.32 Å². The summed E-state index contributed by atoms with van der Waals surface area (Å²) in [5, 5.41) is 13.3. The van der Waals surface area contributed by atoms with Gasteiger partial charge in [0.2, 0.25) is 0 Å². The first-order chi connectivity index (χ1) is 10.2. The van der Waals surface area contributed by atoms with Crippen LogP contribution in [0.3, 0.4) is 0 Å². The van der Waals surface area contributed by atoms with Gasteiger partial charge in [0.05, 0.1) is 13.2 Å². The van der Waals surface area contributed by atoms with Crippen molar-refractivity contribution in [2.24, 2.45) is 0 Å². The molecule has 2 rings (SSSR count). The number of fused-ring (bicyclic) bond motifs is 1. The van der Waals surface area contributed by atoms with Crippen LogP contribution in [-0.4, -0.2) is 51.3 Å². The first kappa shape index (κ1) is 16.5. The highest BCUT2D eigenvalue weighted by Gasteiger charge is 2.26. The van der Waals surface area contributed by atoms with Crippen molar-refractivity contribution in [3.05, 3.63) is 18.2 Å². The number of nitrogens with one attached hydrogen (secondary N) is 1. The number of imidazole rings is 1. The maximum absolute atomic E-state index is 9.75. The Hall–Kier alpha value is -0.910. The lowest BCUT2D eigenvalue weighted by molar-refractivity contribution is 0.134. The van der Waals surface area contributed by atoms with Gasteiger partial charge in [0.25, 0.3) is 0 Å². The van der Waals surface area contributed by atoms with Gasteiger partial charge in [-0.1, -0.05) is 13.8 Å². The average Bonchev–Trinajstić information content (AvgIpc) is 2.98. The largest absolute Gasteiger partial charge is 0.394 e. The van der Waals surface area contributed by atoms with Gasteiger partial charge in [0, 0.05) is 31.0 Å². The van der Waals surface area contributed by atoms with Crippen LogP contribution in [0.2, 0.25) is 0 Å². The standard InChI is InChI=1S/C16H30N4O/c1-3-7-18-16(4-2,14-21)6-5-9-19-11-12-20-10-8-17-15(20)13-19/h8,10,18,21H,3-7,9,11-14H2,1-2H3. The predicted octanol–water partition coefficient (Wildman–Crippen LogP) is 1.62. The lowest BCUT2D eigenvalue weighted by atomic mass is 9.91. The zero-order valence-electron chi connectivity index (χ0n) is 13.5. The normalized spacial score (nSPS) is 18.4. The fourth-order valence-corrected chi connectivity index (χ4v) is 3.08. The van der Waals surface area contributed by atoms with Crippen LogP contribution in [0.1, 0.15) is 45.4 Å². The Bertz CT molecular complexity index is 414. The molecule has 120 valence electrons. The van der Waals surface area contributed by atoms with Gasteiger partial charge in [-0.25, -0.2) is 4.98 Å². The first-order valence-corrected chi connectivity index (χ1v) is 8.31. The molecule has 1 aliphatic rings. The van der Waals surface area contributed by atoms with Gasteiger partial charge in [0.1, 0.15) is 5.82 Å². The van der Waals surface area contributed by atoms with Crippen molar-refractivity contribution < 1.29 is 5.11 Å². The highest BCUT2D eigenvalue weighted by Crippen LogP contribution is 2.18. The maximum atomic E-state index is 9.75. The van der Waals surface area contributed by atoms with Crippen molar-refractivity contribution in [3.63, 3.8) is 0 Å². The van der Waals surface area contributed by atoms with Gasteiger partial charge >= 0.3 is 0 Å². The van der Waals surface area contributed by atoms with E-state index in [9.17, 15) is 5.11 Å². The van der Waals surface area contributed by atoms with Gasteiger partial charge in [0.15, 0.2) is 0 Å². The summed E-state index contributed by atoms with van der Waals surface area (Å²) in [6, 6.07) is 0. The minimum atomic E-state index is -0.0930. The third kappa shape index (κ3) is 4.28. The Morgan fingerprint density at radius 1 is 1.38 bits per heavy atom. The van der Waals surface area contributed by atoms with Gasteiger partial charge in [-0.3, -0.25) is 4.90 Å². The Labute approximate surface area is 128 Å². The lowest BCUT2D eigenvalue weighted by Gasteiger charge is -2.34. The molecular formula is C16H30N4O. The molecule has 0 bridgehead atoms. The fourth-order valence-electron chi connectivity index (χ4n) is 3.08. The zero-order chi connectivity index (χ0) is 15.1. The summed E-state index contributed by atoms with van der Waals surface area (Å²) < 4.78 is 2.24. The third-order valence-corrected chi connectivity index (χ3v) is 4.68. The van der Waals surface area contributed by atoms with Gasteiger partial charge < -0.3 is 15.0 Å². The molecule has 1 aromatic heterocycles. The molecule has 0 amide bonds. The van der Waals surface area contributed by atoms with E-state index in [2.05, 4.69) is 39.8 Å². The highest BCUT2D eigenvalue weighted by atomic mass is 16.3. The van der Waals surface area contributed by atoms with Crippen LogP contribution in [0.25, 0.3) is 0 Å². The summed E-state index contributed by atoms with van der Waals surface area (Å²) >= 11 is 0. The molecule has 1 aromatic rings. The number of aliphatic hydroxyl groups excluding tert-OH is 1. The smallest absolute Gasteiger partial charge is 0.122 e. The summed E-state index contributed by atoms with van der Waals surface area (Å²) in [4.78, 5) is 6.88.